The van der Waals surface area contributed by atoms with Crippen LogP contribution >= 0.6 is 23.2 Å². The van der Waals surface area contributed by atoms with Crippen LogP contribution in [0.3, 0.4) is 0 Å². The fraction of sp³-hybridized carbons (Fsp3) is 0.472. The molecule has 5 aromatic rings. The van der Waals surface area contributed by atoms with Gasteiger partial charge in [0, 0.05) is 61.3 Å². The SMILES string of the molecule is C[C@@H](NCc1ccc(Cl)cc1Oc1ccc(-c2cnc(CN3CCCC3)n2C)cc1)ON[C@H](COC(C)(C)C)ON(C)[C@H](Cc1ccc(Cl)cc1)CN(C)O[C@@H](CC(=O)O)[C@@H]1CCc2ccccc21. The van der Waals surface area contributed by atoms with Crippen molar-refractivity contribution in [2.24, 2.45) is 7.05 Å². The fourth-order valence-electron chi connectivity index (χ4n) is 8.94. The number of nitrogens with one attached hydrogen (secondary N) is 2. The summed E-state index contributed by atoms with van der Waals surface area (Å²) in [5, 5.41) is 18.1. The Morgan fingerprint density at radius 3 is 2.41 bits per heavy atom. The number of likely N-dealkylation sites (tertiary alicyclic amines) is 1. The molecule has 0 saturated carbocycles. The van der Waals surface area contributed by atoms with Crippen molar-refractivity contribution < 1.29 is 33.9 Å². The van der Waals surface area contributed by atoms with Crippen LogP contribution in [0.25, 0.3) is 11.3 Å². The molecule has 5 atom stereocenters. The standard InChI is InChI=1S/C53H69Cl2N7O7/c1-36(56-31-40-16-22-42(55)29-48(40)66-44-23-17-39(18-24-44)47-32-57-50(60(47)6)34-62-26-10-11-27-62)67-58-51(35-65-53(2,3)4)69-61(7)43(28-37-14-20-41(54)21-15-37)33-59(5)68-49(30-52(63)64)46-25-19-38-12-8-9-13-45(38)46/h8-9,12-18,20-24,29,32,36,43,46,49,51,56,58H,10-11,19,25-28,30-31,33-35H2,1-7H3,(H,63,64)/t36-,43+,46+,49-,51-/m0/s1. The second-order valence-corrected chi connectivity index (χ2v) is 20.1. The van der Waals surface area contributed by atoms with Crippen molar-refractivity contribution in [2.75, 3.05) is 40.3 Å². The molecule has 69 heavy (non-hydrogen) atoms. The van der Waals surface area contributed by atoms with Crippen LogP contribution in [0.4, 0.5) is 0 Å². The number of carboxylic acids is 1. The molecular formula is C53H69Cl2N7O7. The number of aliphatic carboxylic acids is 1. The van der Waals surface area contributed by atoms with Crippen LogP contribution in [0.2, 0.25) is 10.0 Å². The molecule has 4 aromatic carbocycles. The van der Waals surface area contributed by atoms with Gasteiger partial charge in [-0.15, -0.1) is 0 Å². The van der Waals surface area contributed by atoms with E-state index in [1.807, 2.05) is 115 Å². The van der Waals surface area contributed by atoms with Gasteiger partial charge in [-0.25, -0.2) is 4.98 Å². The van der Waals surface area contributed by atoms with E-state index in [0.29, 0.717) is 41.1 Å². The lowest BCUT2D eigenvalue weighted by atomic mass is 9.93. The zero-order valence-electron chi connectivity index (χ0n) is 41.0. The number of fused-ring (bicyclic) bond motifs is 1. The highest BCUT2D eigenvalue weighted by Gasteiger charge is 2.34. The molecule has 372 valence electrons. The molecule has 1 aromatic heterocycles. The number of benzene rings is 4. The lowest BCUT2D eigenvalue weighted by Gasteiger charge is -2.36. The van der Waals surface area contributed by atoms with Crippen LogP contribution in [-0.2, 0) is 57.0 Å². The average Bonchev–Trinajstić information content (AvgIpc) is 4.08. The van der Waals surface area contributed by atoms with E-state index in [9.17, 15) is 9.90 Å². The number of nitrogens with zero attached hydrogens (tertiary/aromatic N) is 5. The Balaban J connectivity index is 0.977. The lowest BCUT2D eigenvalue weighted by molar-refractivity contribution is -0.278. The Hall–Kier alpha value is -4.42. The van der Waals surface area contributed by atoms with E-state index in [2.05, 4.69) is 51.6 Å². The third-order valence-corrected chi connectivity index (χ3v) is 13.1. The quantitative estimate of drug-likeness (QED) is 0.0379. The summed E-state index contributed by atoms with van der Waals surface area (Å²) >= 11 is 12.8. The van der Waals surface area contributed by atoms with Gasteiger partial charge >= 0.3 is 5.97 Å². The smallest absolute Gasteiger partial charge is 0.306 e. The number of aromatic nitrogens is 2. The fourth-order valence-corrected chi connectivity index (χ4v) is 9.23. The Morgan fingerprint density at radius 2 is 1.68 bits per heavy atom. The maximum Gasteiger partial charge on any atom is 0.306 e. The summed E-state index contributed by atoms with van der Waals surface area (Å²) in [6.07, 6.45) is 4.85. The molecule has 1 aliphatic heterocycles. The monoisotopic (exact) mass is 985 g/mol. The first-order valence-electron chi connectivity index (χ1n) is 24.0. The minimum atomic E-state index is -0.904. The molecule has 7 rings (SSSR count). The number of hydrogen-bond acceptors (Lipinski definition) is 12. The van der Waals surface area contributed by atoms with E-state index in [1.54, 1.807) is 10.1 Å². The van der Waals surface area contributed by atoms with Crippen molar-refractivity contribution in [2.45, 2.75) is 115 Å². The van der Waals surface area contributed by atoms with Gasteiger partial charge in [0.1, 0.15) is 23.6 Å². The van der Waals surface area contributed by atoms with Gasteiger partial charge < -0.3 is 19.1 Å². The van der Waals surface area contributed by atoms with Crippen LogP contribution in [-0.4, -0.2) is 106 Å². The second kappa shape index (κ2) is 24.6. The van der Waals surface area contributed by atoms with Gasteiger partial charge in [0.25, 0.3) is 0 Å². The van der Waals surface area contributed by atoms with E-state index in [1.165, 1.54) is 18.4 Å². The highest BCUT2D eigenvalue weighted by atomic mass is 35.5. The zero-order chi connectivity index (χ0) is 49.1. The topological polar surface area (TPSA) is 135 Å². The molecule has 0 spiro atoms. The molecule has 0 amide bonds. The number of carbonyl (C=O) groups is 1. The minimum Gasteiger partial charge on any atom is -0.481 e. The number of halogens is 2. The Labute approximate surface area is 417 Å². The molecule has 0 unspecified atom stereocenters. The molecule has 0 radical (unpaired) electrons. The van der Waals surface area contributed by atoms with Gasteiger partial charge in [-0.1, -0.05) is 65.7 Å². The number of ether oxygens (including phenoxy) is 2. The first-order valence-corrected chi connectivity index (χ1v) is 24.7. The highest BCUT2D eigenvalue weighted by Crippen LogP contribution is 2.38. The van der Waals surface area contributed by atoms with Crippen LogP contribution in [0.1, 0.15) is 87.4 Å². The van der Waals surface area contributed by atoms with E-state index in [0.717, 1.165) is 66.2 Å². The number of rotatable bonds is 25. The third kappa shape index (κ3) is 15.5. The number of hydrogen-bond donors (Lipinski definition) is 3. The van der Waals surface area contributed by atoms with Crippen molar-refractivity contribution in [1.29, 1.82) is 0 Å². The average molecular weight is 987 g/mol. The maximum absolute atomic E-state index is 12.1. The Kier molecular flexibility index (Phi) is 18.7. The van der Waals surface area contributed by atoms with Gasteiger partial charge in [-0.05, 0) is 138 Å². The molecule has 2 heterocycles. The van der Waals surface area contributed by atoms with Crippen LogP contribution < -0.4 is 15.5 Å². The van der Waals surface area contributed by atoms with Gasteiger partial charge in [0.05, 0.1) is 49.2 Å². The summed E-state index contributed by atoms with van der Waals surface area (Å²) in [4.78, 5) is 38.6. The first kappa shape index (κ1) is 52.4. The van der Waals surface area contributed by atoms with E-state index in [4.69, 9.17) is 52.2 Å². The highest BCUT2D eigenvalue weighted by molar-refractivity contribution is 6.31. The van der Waals surface area contributed by atoms with Crippen LogP contribution in [0.15, 0.2) is 97.2 Å². The predicted octanol–water partition coefficient (Wildman–Crippen LogP) is 9.79. The molecule has 14 nitrogen and oxygen atoms in total. The van der Waals surface area contributed by atoms with E-state index >= 15 is 0 Å². The van der Waals surface area contributed by atoms with Gasteiger partial charge in [-0.3, -0.25) is 29.5 Å². The summed E-state index contributed by atoms with van der Waals surface area (Å²) in [6, 6.07) is 29.3. The Bertz CT molecular complexity index is 2410. The van der Waals surface area contributed by atoms with Crippen LogP contribution in [0.5, 0.6) is 11.5 Å². The molecule has 1 fully saturated rings. The largest absolute Gasteiger partial charge is 0.481 e. The number of aryl methyl sites for hydroxylation is 1. The van der Waals surface area contributed by atoms with Gasteiger partial charge in [-0.2, -0.15) is 15.6 Å². The summed E-state index contributed by atoms with van der Waals surface area (Å²) in [6.45, 7) is 11.9. The summed E-state index contributed by atoms with van der Waals surface area (Å²) in [5.74, 6) is 1.43. The van der Waals surface area contributed by atoms with Crippen molar-refractivity contribution in [1.82, 2.24) is 35.4 Å². The number of carboxylic acid groups (broad SMARTS) is 1. The van der Waals surface area contributed by atoms with Crippen molar-refractivity contribution in [3.8, 4) is 22.8 Å². The van der Waals surface area contributed by atoms with Crippen molar-refractivity contribution in [3.05, 3.63) is 135 Å². The lowest BCUT2D eigenvalue weighted by Crippen LogP contribution is -2.50. The zero-order valence-corrected chi connectivity index (χ0v) is 42.5. The summed E-state index contributed by atoms with van der Waals surface area (Å²) in [7, 11) is 5.78. The number of likely N-dealkylation sites (N-methyl/N-ethyl adjacent to an activating group) is 2. The van der Waals surface area contributed by atoms with E-state index in [-0.39, 0.29) is 25.0 Å². The second-order valence-electron chi connectivity index (χ2n) is 19.2. The molecule has 0 bridgehead atoms. The van der Waals surface area contributed by atoms with Crippen LogP contribution in [0, 0.1) is 0 Å². The normalized spacial score (nSPS) is 17.1. The molecule has 2 aliphatic rings. The number of imidazole rings is 1. The third-order valence-electron chi connectivity index (χ3n) is 12.7. The first-order chi connectivity index (χ1) is 33.1. The summed E-state index contributed by atoms with van der Waals surface area (Å²) < 4.78 is 14.8. The Morgan fingerprint density at radius 1 is 0.957 bits per heavy atom. The minimum absolute atomic E-state index is 0.0352. The molecular weight excluding hydrogens is 918 g/mol. The van der Waals surface area contributed by atoms with Crippen molar-refractivity contribution in [3.63, 3.8) is 0 Å². The van der Waals surface area contributed by atoms with Crippen molar-refractivity contribution >= 4 is 29.2 Å². The maximum atomic E-state index is 12.1. The predicted molar refractivity (Wildman–Crippen MR) is 270 cm³/mol. The van der Waals surface area contributed by atoms with Gasteiger partial charge in [0.15, 0.2) is 6.23 Å². The number of hydroxylamine groups is 5. The molecule has 1 aliphatic carbocycles. The van der Waals surface area contributed by atoms with Gasteiger partial charge in [0.2, 0.25) is 0 Å². The summed E-state index contributed by atoms with van der Waals surface area (Å²) in [5.41, 5.74) is 9.08. The molecule has 1 saturated heterocycles. The van der Waals surface area contributed by atoms with E-state index < -0.39 is 30.1 Å². The molecule has 16 heteroatoms. The molecule has 3 N–H and O–H groups in total.